The van der Waals surface area contributed by atoms with E-state index < -0.39 is 0 Å². The van der Waals surface area contributed by atoms with Gasteiger partial charge in [0.2, 0.25) is 0 Å². The third-order valence-corrected chi connectivity index (χ3v) is 5.96. The SMILES string of the molecule is Cc1onc(-c2ccccc2)c1C(=O)Nc1ccc2[nH]cc(CCN3CCOCC3)c2c1. The maximum absolute atomic E-state index is 13.1. The van der Waals surface area contributed by atoms with E-state index in [9.17, 15) is 4.79 Å². The van der Waals surface area contributed by atoms with Gasteiger partial charge in [-0.3, -0.25) is 9.69 Å². The van der Waals surface area contributed by atoms with Crippen molar-refractivity contribution >= 4 is 22.5 Å². The predicted octanol–water partition coefficient (Wildman–Crippen LogP) is 4.26. The number of rotatable bonds is 6. The highest BCUT2D eigenvalue weighted by Crippen LogP contribution is 2.27. The molecule has 2 aromatic carbocycles. The van der Waals surface area contributed by atoms with Gasteiger partial charge in [0.1, 0.15) is 17.0 Å². The van der Waals surface area contributed by atoms with Crippen LogP contribution in [0.4, 0.5) is 5.69 Å². The lowest BCUT2D eigenvalue weighted by molar-refractivity contribution is 0.0385. The summed E-state index contributed by atoms with van der Waals surface area (Å²) in [5.41, 5.74) is 4.91. The number of nitrogens with one attached hydrogen (secondary N) is 2. The van der Waals surface area contributed by atoms with Crippen LogP contribution in [0.15, 0.2) is 59.3 Å². The lowest BCUT2D eigenvalue weighted by Crippen LogP contribution is -2.37. The van der Waals surface area contributed by atoms with E-state index in [1.165, 1.54) is 5.56 Å². The summed E-state index contributed by atoms with van der Waals surface area (Å²) in [7, 11) is 0. The fraction of sp³-hybridized carbons (Fsp3) is 0.280. The molecule has 0 radical (unpaired) electrons. The lowest BCUT2D eigenvalue weighted by atomic mass is 10.1. The van der Waals surface area contributed by atoms with Gasteiger partial charge in [0.25, 0.3) is 5.91 Å². The predicted molar refractivity (Wildman–Crippen MR) is 124 cm³/mol. The Hall–Kier alpha value is -3.42. The quantitative estimate of drug-likeness (QED) is 0.478. The number of nitrogens with zero attached hydrogens (tertiary/aromatic N) is 2. The van der Waals surface area contributed by atoms with E-state index in [1.807, 2.05) is 48.5 Å². The third kappa shape index (κ3) is 4.17. The molecule has 7 nitrogen and oxygen atoms in total. The van der Waals surface area contributed by atoms with Crippen LogP contribution in [0.3, 0.4) is 0 Å². The molecule has 7 heteroatoms. The average Bonchev–Trinajstić information content (AvgIpc) is 3.42. The Morgan fingerprint density at radius 2 is 1.97 bits per heavy atom. The summed E-state index contributed by atoms with van der Waals surface area (Å²) >= 11 is 0. The van der Waals surface area contributed by atoms with Crippen molar-refractivity contribution < 1.29 is 14.1 Å². The van der Waals surface area contributed by atoms with Crippen LogP contribution >= 0.6 is 0 Å². The van der Waals surface area contributed by atoms with Crippen LogP contribution in [-0.2, 0) is 11.2 Å². The van der Waals surface area contributed by atoms with Gasteiger partial charge in [-0.25, -0.2) is 0 Å². The first-order valence-electron chi connectivity index (χ1n) is 10.9. The molecule has 0 bridgehead atoms. The molecule has 32 heavy (non-hydrogen) atoms. The Kier molecular flexibility index (Phi) is 5.75. The molecule has 1 amide bonds. The minimum Gasteiger partial charge on any atom is -0.379 e. The number of aromatic nitrogens is 2. The van der Waals surface area contributed by atoms with Crippen molar-refractivity contribution in [1.29, 1.82) is 0 Å². The number of H-pyrrole nitrogens is 1. The molecule has 2 N–H and O–H groups in total. The van der Waals surface area contributed by atoms with Crippen molar-refractivity contribution in [2.75, 3.05) is 38.2 Å². The molecule has 2 aromatic heterocycles. The number of anilines is 1. The number of fused-ring (bicyclic) bond motifs is 1. The molecular formula is C25H26N4O3. The van der Waals surface area contributed by atoms with Crippen LogP contribution in [0.25, 0.3) is 22.2 Å². The maximum atomic E-state index is 13.1. The lowest BCUT2D eigenvalue weighted by Gasteiger charge is -2.26. The second kappa shape index (κ2) is 8.98. The number of hydrogen-bond acceptors (Lipinski definition) is 5. The standard InChI is InChI=1S/C25H26N4O3/c1-17-23(24(28-32-17)18-5-3-2-4-6-18)25(30)27-20-7-8-22-21(15-20)19(16-26-22)9-10-29-11-13-31-14-12-29/h2-8,15-16,26H,9-14H2,1H3,(H,27,30). The summed E-state index contributed by atoms with van der Waals surface area (Å²) in [6.07, 6.45) is 3.01. The van der Waals surface area contributed by atoms with E-state index in [0.29, 0.717) is 17.0 Å². The molecule has 0 aliphatic carbocycles. The van der Waals surface area contributed by atoms with Crippen LogP contribution in [0.1, 0.15) is 21.7 Å². The fourth-order valence-corrected chi connectivity index (χ4v) is 4.19. The number of ether oxygens (including phenoxy) is 1. The number of hydrogen-bond donors (Lipinski definition) is 2. The molecule has 1 aliphatic heterocycles. The zero-order valence-electron chi connectivity index (χ0n) is 18.1. The minimum absolute atomic E-state index is 0.229. The molecule has 4 aromatic rings. The molecule has 0 saturated carbocycles. The smallest absolute Gasteiger partial charge is 0.261 e. The number of morpholine rings is 1. The zero-order valence-corrected chi connectivity index (χ0v) is 18.1. The normalized spacial score (nSPS) is 14.7. The van der Waals surface area contributed by atoms with Crippen LogP contribution in [0, 0.1) is 6.92 Å². The van der Waals surface area contributed by atoms with E-state index in [4.69, 9.17) is 9.26 Å². The van der Waals surface area contributed by atoms with Gasteiger partial charge in [0.05, 0.1) is 13.2 Å². The van der Waals surface area contributed by atoms with Crippen molar-refractivity contribution in [3.63, 3.8) is 0 Å². The molecule has 3 heterocycles. The van der Waals surface area contributed by atoms with Gasteiger partial charge < -0.3 is 19.6 Å². The highest BCUT2D eigenvalue weighted by molar-refractivity contribution is 6.09. The van der Waals surface area contributed by atoms with Gasteiger partial charge in [-0.2, -0.15) is 0 Å². The third-order valence-electron chi connectivity index (χ3n) is 5.96. The highest BCUT2D eigenvalue weighted by Gasteiger charge is 2.22. The first kappa shape index (κ1) is 20.5. The first-order chi connectivity index (χ1) is 15.7. The molecule has 1 fully saturated rings. The number of aryl methyl sites for hydroxylation is 1. The summed E-state index contributed by atoms with van der Waals surface area (Å²) in [5.74, 6) is 0.266. The van der Waals surface area contributed by atoms with Gasteiger partial charge in [0.15, 0.2) is 0 Å². The molecule has 1 saturated heterocycles. The van der Waals surface area contributed by atoms with Crippen molar-refractivity contribution in [2.45, 2.75) is 13.3 Å². The van der Waals surface area contributed by atoms with Gasteiger partial charge >= 0.3 is 0 Å². The van der Waals surface area contributed by atoms with Crippen LogP contribution in [-0.4, -0.2) is 53.8 Å². The van der Waals surface area contributed by atoms with Crippen molar-refractivity contribution in [1.82, 2.24) is 15.0 Å². The van der Waals surface area contributed by atoms with Crippen molar-refractivity contribution in [3.8, 4) is 11.3 Å². The second-order valence-corrected chi connectivity index (χ2v) is 8.06. The Morgan fingerprint density at radius 3 is 2.78 bits per heavy atom. The minimum atomic E-state index is -0.229. The van der Waals surface area contributed by atoms with E-state index in [-0.39, 0.29) is 5.91 Å². The molecule has 0 unspecified atom stereocenters. The number of carbonyl (C=O) groups is 1. The number of aromatic amines is 1. The second-order valence-electron chi connectivity index (χ2n) is 8.06. The zero-order chi connectivity index (χ0) is 21.9. The number of amides is 1. The van der Waals surface area contributed by atoms with Crippen molar-refractivity contribution in [2.24, 2.45) is 0 Å². The Balaban J connectivity index is 1.36. The molecule has 1 aliphatic rings. The van der Waals surface area contributed by atoms with E-state index >= 15 is 0 Å². The summed E-state index contributed by atoms with van der Waals surface area (Å²) in [5, 5.41) is 8.28. The van der Waals surface area contributed by atoms with Gasteiger partial charge in [-0.05, 0) is 37.1 Å². The molecule has 164 valence electrons. The maximum Gasteiger partial charge on any atom is 0.261 e. The van der Waals surface area contributed by atoms with Crippen LogP contribution in [0.5, 0.6) is 0 Å². The Morgan fingerprint density at radius 1 is 1.16 bits per heavy atom. The number of carbonyl (C=O) groups excluding carboxylic acids is 1. The van der Waals surface area contributed by atoms with Crippen LogP contribution in [0.2, 0.25) is 0 Å². The molecule has 0 spiro atoms. The summed E-state index contributed by atoms with van der Waals surface area (Å²) in [6, 6.07) is 15.5. The highest BCUT2D eigenvalue weighted by atomic mass is 16.5. The van der Waals surface area contributed by atoms with Gasteiger partial charge in [0, 0.05) is 48.0 Å². The number of benzene rings is 2. The van der Waals surface area contributed by atoms with Gasteiger partial charge in [-0.1, -0.05) is 35.5 Å². The topological polar surface area (TPSA) is 83.4 Å². The first-order valence-corrected chi connectivity index (χ1v) is 10.9. The largest absolute Gasteiger partial charge is 0.379 e. The Bertz CT molecular complexity index is 1220. The van der Waals surface area contributed by atoms with E-state index in [2.05, 4.69) is 26.6 Å². The van der Waals surface area contributed by atoms with E-state index in [0.717, 1.165) is 61.4 Å². The van der Waals surface area contributed by atoms with E-state index in [1.54, 1.807) is 6.92 Å². The van der Waals surface area contributed by atoms with Crippen LogP contribution < -0.4 is 5.32 Å². The average molecular weight is 431 g/mol. The molecule has 5 rings (SSSR count). The monoisotopic (exact) mass is 430 g/mol. The fourth-order valence-electron chi connectivity index (χ4n) is 4.19. The molecule has 0 atom stereocenters. The summed E-state index contributed by atoms with van der Waals surface area (Å²) in [4.78, 5) is 18.9. The molecular weight excluding hydrogens is 404 g/mol. The Labute approximate surface area is 186 Å². The summed E-state index contributed by atoms with van der Waals surface area (Å²) < 4.78 is 10.8. The van der Waals surface area contributed by atoms with Gasteiger partial charge in [-0.15, -0.1) is 0 Å². The summed E-state index contributed by atoms with van der Waals surface area (Å²) in [6.45, 7) is 6.31. The van der Waals surface area contributed by atoms with Crippen molar-refractivity contribution in [3.05, 3.63) is 71.6 Å².